The van der Waals surface area contributed by atoms with Gasteiger partial charge in [-0.05, 0) is 41.2 Å². The summed E-state index contributed by atoms with van der Waals surface area (Å²) in [6, 6.07) is 12.1. The second kappa shape index (κ2) is 6.27. The molecule has 1 heterocycles. The van der Waals surface area contributed by atoms with Crippen LogP contribution in [0.5, 0.6) is 11.6 Å². The van der Waals surface area contributed by atoms with Crippen molar-refractivity contribution in [1.82, 2.24) is 4.98 Å². The number of ether oxygens (including phenoxy) is 1. The van der Waals surface area contributed by atoms with Crippen LogP contribution in [0.4, 0.5) is 0 Å². The maximum Gasteiger partial charge on any atom is 0.219 e. The lowest BCUT2D eigenvalue weighted by molar-refractivity contribution is 0.457. The number of rotatable bonds is 4. The summed E-state index contributed by atoms with van der Waals surface area (Å²) in [6.07, 6.45) is 0.867. The van der Waals surface area contributed by atoms with Crippen LogP contribution in [0.2, 0.25) is 0 Å². The molecular weight excluding hydrogens is 260 g/mol. The van der Waals surface area contributed by atoms with Gasteiger partial charge in [0.1, 0.15) is 5.75 Å². The summed E-state index contributed by atoms with van der Waals surface area (Å²) in [4.78, 5) is 4.51. The number of aryl methyl sites for hydroxylation is 1. The van der Waals surface area contributed by atoms with Gasteiger partial charge in [0, 0.05) is 18.3 Å². The van der Waals surface area contributed by atoms with E-state index in [1.54, 1.807) is 0 Å². The molecule has 0 aliphatic carbocycles. The summed E-state index contributed by atoms with van der Waals surface area (Å²) >= 11 is 0. The first-order chi connectivity index (χ1) is 9.92. The monoisotopic (exact) mass is 284 g/mol. The third-order valence-electron chi connectivity index (χ3n) is 3.44. The van der Waals surface area contributed by atoms with Gasteiger partial charge >= 0.3 is 0 Å². The number of benzene rings is 1. The van der Waals surface area contributed by atoms with Crippen LogP contribution in [0.25, 0.3) is 0 Å². The lowest BCUT2D eigenvalue weighted by Gasteiger charge is -2.19. The summed E-state index contributed by atoms with van der Waals surface area (Å²) in [6.45, 7) is 9.14. The van der Waals surface area contributed by atoms with E-state index in [4.69, 9.17) is 10.5 Å². The molecule has 0 fully saturated rings. The summed E-state index contributed by atoms with van der Waals surface area (Å²) in [5, 5.41) is 0. The molecule has 112 valence electrons. The third kappa shape index (κ3) is 4.05. The molecule has 2 rings (SSSR count). The molecule has 0 bridgehead atoms. The summed E-state index contributed by atoms with van der Waals surface area (Å²) in [5.74, 6) is 1.42. The van der Waals surface area contributed by atoms with E-state index in [0.29, 0.717) is 12.4 Å². The molecule has 2 aromatic rings. The Morgan fingerprint density at radius 1 is 1.14 bits per heavy atom. The number of aromatic nitrogens is 1. The average molecular weight is 284 g/mol. The van der Waals surface area contributed by atoms with Crippen molar-refractivity contribution in [2.75, 3.05) is 0 Å². The van der Waals surface area contributed by atoms with E-state index in [0.717, 1.165) is 23.4 Å². The van der Waals surface area contributed by atoms with Crippen molar-refractivity contribution in [2.24, 2.45) is 5.73 Å². The fourth-order valence-electron chi connectivity index (χ4n) is 2.12. The van der Waals surface area contributed by atoms with Crippen molar-refractivity contribution in [1.29, 1.82) is 0 Å². The van der Waals surface area contributed by atoms with Gasteiger partial charge in [-0.25, -0.2) is 4.98 Å². The van der Waals surface area contributed by atoms with Crippen molar-refractivity contribution >= 4 is 0 Å². The largest absolute Gasteiger partial charge is 0.439 e. The number of hydrogen-bond donors (Lipinski definition) is 1. The zero-order valence-electron chi connectivity index (χ0n) is 13.3. The molecule has 0 aliphatic rings. The predicted octanol–water partition coefficient (Wildman–Crippen LogP) is 4.19. The molecule has 0 unspecified atom stereocenters. The minimum absolute atomic E-state index is 0.0977. The standard InChI is InChI=1S/C18H24N2O/c1-5-15-9-13(12-19)10-17(20-15)21-16-8-6-7-14(11-16)18(2,3)4/h6-11H,5,12,19H2,1-4H3. The lowest BCUT2D eigenvalue weighted by atomic mass is 9.87. The molecule has 21 heavy (non-hydrogen) atoms. The fourth-order valence-corrected chi connectivity index (χ4v) is 2.12. The topological polar surface area (TPSA) is 48.1 Å². The normalized spacial score (nSPS) is 11.5. The van der Waals surface area contributed by atoms with Crippen molar-refractivity contribution in [3.8, 4) is 11.6 Å². The Hall–Kier alpha value is -1.87. The molecule has 1 aromatic carbocycles. The number of pyridine rings is 1. The first-order valence-electron chi connectivity index (χ1n) is 7.40. The zero-order chi connectivity index (χ0) is 15.5. The van der Waals surface area contributed by atoms with Gasteiger partial charge in [0.25, 0.3) is 0 Å². The molecule has 0 saturated carbocycles. The van der Waals surface area contributed by atoms with Crippen molar-refractivity contribution in [2.45, 2.75) is 46.1 Å². The Balaban J connectivity index is 2.30. The van der Waals surface area contributed by atoms with Crippen molar-refractivity contribution in [3.05, 3.63) is 53.2 Å². The Labute approximate surface area is 127 Å². The lowest BCUT2D eigenvalue weighted by Crippen LogP contribution is -2.10. The van der Waals surface area contributed by atoms with Crippen molar-refractivity contribution in [3.63, 3.8) is 0 Å². The number of nitrogens with zero attached hydrogens (tertiary/aromatic N) is 1. The summed E-state index contributed by atoms with van der Waals surface area (Å²) in [5.41, 5.74) is 9.12. The minimum atomic E-state index is 0.0977. The van der Waals surface area contributed by atoms with Gasteiger partial charge in [-0.1, -0.05) is 39.8 Å². The van der Waals surface area contributed by atoms with Gasteiger partial charge in [-0.15, -0.1) is 0 Å². The summed E-state index contributed by atoms with van der Waals surface area (Å²) in [7, 11) is 0. The van der Waals surface area contributed by atoms with Gasteiger partial charge < -0.3 is 10.5 Å². The second-order valence-corrected chi connectivity index (χ2v) is 6.24. The van der Waals surface area contributed by atoms with E-state index < -0.39 is 0 Å². The van der Waals surface area contributed by atoms with Crippen LogP contribution >= 0.6 is 0 Å². The molecule has 1 aromatic heterocycles. The van der Waals surface area contributed by atoms with Crippen LogP contribution in [0.15, 0.2) is 36.4 Å². The molecule has 0 saturated heterocycles. The molecule has 0 spiro atoms. The molecule has 0 amide bonds. The quantitative estimate of drug-likeness (QED) is 0.915. The Morgan fingerprint density at radius 3 is 2.52 bits per heavy atom. The molecule has 3 heteroatoms. The van der Waals surface area contributed by atoms with Gasteiger partial charge in [-0.3, -0.25) is 0 Å². The molecular formula is C18H24N2O. The smallest absolute Gasteiger partial charge is 0.219 e. The SMILES string of the molecule is CCc1cc(CN)cc(Oc2cccc(C(C)(C)C)c2)n1. The van der Waals surface area contributed by atoms with Crippen LogP contribution < -0.4 is 10.5 Å². The first-order valence-corrected chi connectivity index (χ1v) is 7.40. The van der Waals surface area contributed by atoms with Crippen LogP contribution in [-0.4, -0.2) is 4.98 Å². The van der Waals surface area contributed by atoms with Crippen LogP contribution in [0, 0.1) is 0 Å². The first kappa shape index (κ1) is 15.5. The Kier molecular flexibility index (Phi) is 4.63. The predicted molar refractivity (Wildman–Crippen MR) is 86.7 cm³/mol. The van der Waals surface area contributed by atoms with E-state index in [1.807, 2.05) is 24.3 Å². The number of nitrogens with two attached hydrogens (primary N) is 1. The highest BCUT2D eigenvalue weighted by atomic mass is 16.5. The molecule has 0 aliphatic heterocycles. The third-order valence-corrected chi connectivity index (χ3v) is 3.44. The molecule has 0 atom stereocenters. The average Bonchev–Trinajstić information content (AvgIpc) is 2.46. The van der Waals surface area contributed by atoms with Gasteiger partial charge in [0.05, 0.1) is 0 Å². The van der Waals surface area contributed by atoms with Gasteiger partial charge in [0.15, 0.2) is 0 Å². The highest BCUT2D eigenvalue weighted by molar-refractivity contribution is 5.36. The maximum atomic E-state index is 5.93. The fraction of sp³-hybridized carbons (Fsp3) is 0.389. The zero-order valence-corrected chi connectivity index (χ0v) is 13.3. The summed E-state index contributed by atoms with van der Waals surface area (Å²) < 4.78 is 5.93. The minimum Gasteiger partial charge on any atom is -0.439 e. The highest BCUT2D eigenvalue weighted by Crippen LogP contribution is 2.28. The van der Waals surface area contributed by atoms with E-state index in [2.05, 4.69) is 44.8 Å². The van der Waals surface area contributed by atoms with E-state index in [1.165, 1.54) is 5.56 Å². The second-order valence-electron chi connectivity index (χ2n) is 6.24. The van der Waals surface area contributed by atoms with Gasteiger partial charge in [-0.2, -0.15) is 0 Å². The maximum absolute atomic E-state index is 5.93. The Morgan fingerprint density at radius 2 is 1.90 bits per heavy atom. The number of hydrogen-bond acceptors (Lipinski definition) is 3. The molecule has 2 N–H and O–H groups in total. The van der Waals surface area contributed by atoms with E-state index in [-0.39, 0.29) is 5.41 Å². The Bertz CT molecular complexity index is 593. The van der Waals surface area contributed by atoms with Crippen LogP contribution in [-0.2, 0) is 18.4 Å². The van der Waals surface area contributed by atoms with Crippen LogP contribution in [0.1, 0.15) is 44.5 Å². The van der Waals surface area contributed by atoms with Gasteiger partial charge in [0.2, 0.25) is 5.88 Å². The van der Waals surface area contributed by atoms with Crippen LogP contribution in [0.3, 0.4) is 0 Å². The molecule has 0 radical (unpaired) electrons. The molecule has 3 nitrogen and oxygen atoms in total. The van der Waals surface area contributed by atoms with Crippen molar-refractivity contribution < 1.29 is 4.74 Å². The highest BCUT2D eigenvalue weighted by Gasteiger charge is 2.14. The van der Waals surface area contributed by atoms with E-state index in [9.17, 15) is 0 Å². The van der Waals surface area contributed by atoms with E-state index >= 15 is 0 Å².